The summed E-state index contributed by atoms with van der Waals surface area (Å²) in [5.74, 6) is -0.864. The Hall–Kier alpha value is -3.94. The van der Waals surface area contributed by atoms with E-state index in [9.17, 15) is 19.3 Å². The lowest BCUT2D eigenvalue weighted by Gasteiger charge is -2.03. The average molecular weight is 545 g/mol. The Bertz CT molecular complexity index is 1870. The summed E-state index contributed by atoms with van der Waals surface area (Å²) in [4.78, 5) is 2.80. The van der Waals surface area contributed by atoms with Crippen molar-refractivity contribution in [2.24, 2.45) is 0 Å². The fourth-order valence-electron chi connectivity index (χ4n) is 4.41. The predicted molar refractivity (Wildman–Crippen MR) is 138 cm³/mol. The number of nitrogens with zero attached hydrogens (tertiary/aromatic N) is 6. The highest BCUT2D eigenvalue weighted by Crippen LogP contribution is 2.57. The zero-order valence-electron chi connectivity index (χ0n) is 17.5. The van der Waals surface area contributed by atoms with Gasteiger partial charge in [-0.1, -0.05) is 0 Å². The Kier molecular flexibility index (Phi) is 4.61. The topological polar surface area (TPSA) is 99.1 Å². The van der Waals surface area contributed by atoms with E-state index in [0.29, 0.717) is 59.6 Å². The molecule has 0 atom stereocenters. The summed E-state index contributed by atoms with van der Waals surface area (Å²) in [6.07, 6.45) is 0. The van der Waals surface area contributed by atoms with E-state index in [0.717, 1.165) is 33.2 Å². The van der Waals surface area contributed by atoms with Crippen LogP contribution in [0.25, 0.3) is 58.3 Å². The summed E-state index contributed by atoms with van der Waals surface area (Å²) < 4.78 is 47.0. The van der Waals surface area contributed by atoms with Gasteiger partial charge in [0, 0.05) is 26.5 Å². The number of benzene rings is 2. The Balaban J connectivity index is 1.50. The number of thiophene rings is 2. The summed E-state index contributed by atoms with van der Waals surface area (Å²) in [5.41, 5.74) is 4.52. The third-order valence-corrected chi connectivity index (χ3v) is 9.48. The van der Waals surface area contributed by atoms with E-state index >= 15 is 0 Å². The minimum Gasteiger partial charge on any atom is -0.206 e. The standard InChI is InChI=1S/C24H6F2N6S4/c25-12-1-3-14-21(31-35-29-14)19(12)16-5-10-18(9(7-27)8-28)11-6-17(34-24(11)23(10)33-16)20-13(26)2-4-15-22(20)32-36-30-15/h1-6H. The molecule has 0 spiro atoms. The maximum absolute atomic E-state index is 15.0. The van der Waals surface area contributed by atoms with Crippen molar-refractivity contribution < 1.29 is 8.78 Å². The van der Waals surface area contributed by atoms with Gasteiger partial charge in [0.2, 0.25) is 0 Å². The first-order chi connectivity index (χ1) is 17.6. The molecule has 0 amide bonds. The van der Waals surface area contributed by atoms with E-state index in [4.69, 9.17) is 0 Å². The third kappa shape index (κ3) is 2.87. The molecule has 170 valence electrons. The summed E-state index contributed by atoms with van der Waals surface area (Å²) in [7, 11) is 0. The number of rotatable bonds is 2. The van der Waals surface area contributed by atoms with E-state index in [1.165, 1.54) is 34.8 Å². The van der Waals surface area contributed by atoms with Crippen LogP contribution < -0.4 is 0 Å². The van der Waals surface area contributed by atoms with Gasteiger partial charge in [-0.05, 0) is 36.4 Å². The maximum atomic E-state index is 15.0. The zero-order valence-corrected chi connectivity index (χ0v) is 20.8. The molecule has 1 aliphatic carbocycles. The Morgan fingerprint density at radius 1 is 0.694 bits per heavy atom. The molecule has 4 aromatic heterocycles. The highest BCUT2D eigenvalue weighted by atomic mass is 32.1. The van der Waals surface area contributed by atoms with Gasteiger partial charge >= 0.3 is 0 Å². The van der Waals surface area contributed by atoms with Crippen LogP contribution in [0.3, 0.4) is 0 Å². The average Bonchev–Trinajstić information content (AvgIpc) is 3.68. The molecule has 1 aliphatic rings. The second kappa shape index (κ2) is 7.78. The van der Waals surface area contributed by atoms with Crippen molar-refractivity contribution in [3.05, 3.63) is 64.7 Å². The lowest BCUT2D eigenvalue weighted by molar-refractivity contribution is 0.632. The van der Waals surface area contributed by atoms with Gasteiger partial charge in [-0.15, -0.1) is 22.7 Å². The quantitative estimate of drug-likeness (QED) is 0.212. The SMILES string of the molecule is N#CC(C#N)=C1c2cc(-c3c(F)ccc4nsnc34)sc2-c2sc(-c3c(F)ccc4nsnc34)cc21. The molecule has 36 heavy (non-hydrogen) atoms. The number of hydrogen-bond acceptors (Lipinski definition) is 10. The first-order valence-electron chi connectivity index (χ1n) is 10.2. The van der Waals surface area contributed by atoms with Crippen LogP contribution in [0, 0.1) is 34.3 Å². The molecular formula is C24H6F2N6S4. The van der Waals surface area contributed by atoms with Crippen molar-refractivity contribution in [3.63, 3.8) is 0 Å². The normalized spacial score (nSPS) is 12.1. The third-order valence-electron chi connectivity index (χ3n) is 5.93. The number of nitriles is 2. The van der Waals surface area contributed by atoms with Gasteiger partial charge in [0.05, 0.1) is 44.3 Å². The monoisotopic (exact) mass is 544 g/mol. The van der Waals surface area contributed by atoms with Gasteiger partial charge in [-0.3, -0.25) is 0 Å². The highest BCUT2D eigenvalue weighted by Gasteiger charge is 2.33. The van der Waals surface area contributed by atoms with E-state index in [2.05, 4.69) is 17.5 Å². The Morgan fingerprint density at radius 2 is 1.17 bits per heavy atom. The summed E-state index contributed by atoms with van der Waals surface area (Å²) in [6.45, 7) is 0. The van der Waals surface area contributed by atoms with E-state index in [1.807, 2.05) is 12.1 Å². The van der Waals surface area contributed by atoms with Crippen molar-refractivity contribution in [3.8, 4) is 42.8 Å². The van der Waals surface area contributed by atoms with Crippen molar-refractivity contribution in [1.82, 2.24) is 17.5 Å². The van der Waals surface area contributed by atoms with Crippen molar-refractivity contribution in [2.45, 2.75) is 0 Å². The van der Waals surface area contributed by atoms with Gasteiger partial charge in [-0.2, -0.15) is 28.0 Å². The summed E-state index contributed by atoms with van der Waals surface area (Å²) in [5, 5.41) is 19.4. The minimum atomic E-state index is -0.432. The molecule has 7 rings (SSSR count). The first kappa shape index (κ1) is 21.4. The van der Waals surface area contributed by atoms with Crippen LogP contribution in [0.4, 0.5) is 8.78 Å². The summed E-state index contributed by atoms with van der Waals surface area (Å²) in [6, 6.07) is 13.4. The van der Waals surface area contributed by atoms with Crippen LogP contribution in [0.15, 0.2) is 42.0 Å². The lowest BCUT2D eigenvalue weighted by Crippen LogP contribution is -1.88. The van der Waals surface area contributed by atoms with Crippen molar-refractivity contribution in [2.75, 3.05) is 0 Å². The van der Waals surface area contributed by atoms with Gasteiger partial charge < -0.3 is 0 Å². The number of hydrogen-bond donors (Lipinski definition) is 0. The first-order valence-corrected chi connectivity index (χ1v) is 13.3. The molecular weight excluding hydrogens is 539 g/mol. The zero-order chi connectivity index (χ0) is 24.6. The van der Waals surface area contributed by atoms with Crippen molar-refractivity contribution >= 4 is 73.8 Å². The van der Waals surface area contributed by atoms with Gasteiger partial charge in [0.1, 0.15) is 51.4 Å². The molecule has 6 nitrogen and oxygen atoms in total. The van der Waals surface area contributed by atoms with E-state index in [1.54, 1.807) is 24.3 Å². The van der Waals surface area contributed by atoms with Gasteiger partial charge in [-0.25, -0.2) is 8.78 Å². The molecule has 0 fully saturated rings. The molecule has 6 aromatic rings. The molecule has 12 heteroatoms. The number of allylic oxidation sites excluding steroid dienone is 1. The second-order valence-corrected chi connectivity index (χ2v) is 11.0. The summed E-state index contributed by atoms with van der Waals surface area (Å²) >= 11 is 4.70. The van der Waals surface area contributed by atoms with Crippen LogP contribution in [-0.2, 0) is 0 Å². The van der Waals surface area contributed by atoms with Gasteiger partial charge in [0.25, 0.3) is 0 Å². The van der Waals surface area contributed by atoms with Crippen LogP contribution in [0.1, 0.15) is 11.1 Å². The molecule has 2 aromatic carbocycles. The Labute approximate surface area is 217 Å². The van der Waals surface area contributed by atoms with E-state index in [-0.39, 0.29) is 5.57 Å². The highest BCUT2D eigenvalue weighted by molar-refractivity contribution is 7.26. The van der Waals surface area contributed by atoms with Crippen LogP contribution in [0.2, 0.25) is 0 Å². The van der Waals surface area contributed by atoms with Crippen LogP contribution in [-0.4, -0.2) is 17.5 Å². The molecule has 0 N–H and O–H groups in total. The molecule has 0 unspecified atom stereocenters. The minimum absolute atomic E-state index is 0.0632. The van der Waals surface area contributed by atoms with E-state index < -0.39 is 11.6 Å². The van der Waals surface area contributed by atoms with Gasteiger partial charge in [0.15, 0.2) is 0 Å². The smallest absolute Gasteiger partial charge is 0.138 e. The fraction of sp³-hybridized carbons (Fsp3) is 0. The number of fused-ring (bicyclic) bond motifs is 5. The fourth-order valence-corrected chi connectivity index (χ4v) is 8.08. The molecule has 4 heterocycles. The lowest BCUT2D eigenvalue weighted by atomic mass is 9.99. The number of halogens is 2. The molecule has 0 saturated heterocycles. The Morgan fingerprint density at radius 3 is 1.61 bits per heavy atom. The largest absolute Gasteiger partial charge is 0.206 e. The molecule has 0 bridgehead atoms. The van der Waals surface area contributed by atoms with Crippen LogP contribution in [0.5, 0.6) is 0 Å². The number of aromatic nitrogens is 4. The molecule has 0 radical (unpaired) electrons. The second-order valence-electron chi connectivity index (χ2n) is 7.79. The van der Waals surface area contributed by atoms with Crippen molar-refractivity contribution in [1.29, 1.82) is 10.5 Å². The molecule has 0 saturated carbocycles. The maximum Gasteiger partial charge on any atom is 0.138 e. The molecule has 0 aliphatic heterocycles. The van der Waals surface area contributed by atoms with Crippen LogP contribution >= 0.6 is 46.1 Å². The predicted octanol–water partition coefficient (Wildman–Crippen LogP) is 7.26.